The first-order valence-electron chi connectivity index (χ1n) is 13.5. The summed E-state index contributed by atoms with van der Waals surface area (Å²) in [5.74, 6) is 2.10. The maximum Gasteiger partial charge on any atom is 0.192 e. The zero-order valence-corrected chi connectivity index (χ0v) is 24.2. The highest BCUT2D eigenvalue weighted by Crippen LogP contribution is 2.37. The van der Waals surface area contributed by atoms with Gasteiger partial charge < -0.3 is 30.7 Å². The van der Waals surface area contributed by atoms with Crippen molar-refractivity contribution in [3.63, 3.8) is 0 Å². The summed E-state index contributed by atoms with van der Waals surface area (Å²) in [4.78, 5) is 16.7. The third-order valence-electron chi connectivity index (χ3n) is 6.94. The molecule has 0 radical (unpaired) electrons. The van der Waals surface area contributed by atoms with Crippen molar-refractivity contribution in [1.29, 1.82) is 0 Å². The number of phenols is 2. The van der Waals surface area contributed by atoms with Crippen molar-refractivity contribution >= 4 is 17.4 Å². The lowest BCUT2D eigenvalue weighted by molar-refractivity contribution is -0.114. The van der Waals surface area contributed by atoms with Crippen LogP contribution in [0, 0.1) is 17.8 Å². The number of hydrogen-bond acceptors (Lipinski definition) is 6. The van der Waals surface area contributed by atoms with Crippen molar-refractivity contribution in [2.45, 2.75) is 59.3 Å². The van der Waals surface area contributed by atoms with Gasteiger partial charge in [0.25, 0.3) is 0 Å². The molecule has 0 aliphatic rings. The maximum absolute atomic E-state index is 12.8. The van der Waals surface area contributed by atoms with Crippen LogP contribution in [0.25, 0.3) is 0 Å². The minimum atomic E-state index is -0.0361. The fourth-order valence-corrected chi connectivity index (χ4v) is 4.48. The zero-order valence-electron chi connectivity index (χ0n) is 24.2. The van der Waals surface area contributed by atoms with E-state index in [9.17, 15) is 15.0 Å². The van der Waals surface area contributed by atoms with E-state index in [0.29, 0.717) is 48.3 Å². The van der Waals surface area contributed by atoms with E-state index in [4.69, 9.17) is 15.2 Å². The topological polar surface area (TPSA) is 126 Å². The van der Waals surface area contributed by atoms with Gasteiger partial charge in [0, 0.05) is 13.5 Å². The number of carbonyl (C=O) groups is 1. The molecule has 0 saturated carbocycles. The molecule has 2 aromatic carbocycles. The third-order valence-corrected chi connectivity index (χ3v) is 6.94. The number of allylic oxidation sites excluding steroid dienone is 2. The first-order valence-corrected chi connectivity index (χ1v) is 13.5. The molecule has 214 valence electrons. The fourth-order valence-electron chi connectivity index (χ4n) is 4.48. The smallest absolute Gasteiger partial charge is 0.192 e. The van der Waals surface area contributed by atoms with Crippen LogP contribution >= 0.6 is 0 Å². The van der Waals surface area contributed by atoms with Gasteiger partial charge in [-0.3, -0.25) is 9.79 Å². The number of methoxy groups -OCH3 is 2. The molecule has 8 nitrogen and oxygen atoms in total. The molecule has 0 saturated heterocycles. The van der Waals surface area contributed by atoms with Crippen LogP contribution in [-0.4, -0.2) is 43.2 Å². The highest BCUT2D eigenvalue weighted by molar-refractivity contribution is 5.94. The summed E-state index contributed by atoms with van der Waals surface area (Å²) in [7, 11) is 4.58. The van der Waals surface area contributed by atoms with Gasteiger partial charge in [0.05, 0.1) is 19.9 Å². The van der Waals surface area contributed by atoms with Crippen molar-refractivity contribution in [3.05, 3.63) is 53.6 Å². The molecule has 2 atom stereocenters. The van der Waals surface area contributed by atoms with Gasteiger partial charge in [-0.05, 0) is 72.1 Å². The molecule has 0 aliphatic carbocycles. The van der Waals surface area contributed by atoms with Crippen molar-refractivity contribution in [2.75, 3.05) is 26.6 Å². The second-order valence-electron chi connectivity index (χ2n) is 10.4. The van der Waals surface area contributed by atoms with Gasteiger partial charge in [-0.15, -0.1) is 0 Å². The van der Waals surface area contributed by atoms with E-state index in [-0.39, 0.29) is 29.2 Å². The number of nitrogens with two attached hydrogens (primary N) is 1. The van der Waals surface area contributed by atoms with E-state index in [1.807, 2.05) is 18.2 Å². The minimum Gasteiger partial charge on any atom is -0.504 e. The lowest BCUT2D eigenvalue weighted by Crippen LogP contribution is -2.22. The van der Waals surface area contributed by atoms with Gasteiger partial charge in [-0.2, -0.15) is 0 Å². The Kier molecular flexibility index (Phi) is 12.7. The lowest BCUT2D eigenvalue weighted by atomic mass is 9.83. The normalized spacial score (nSPS) is 13.5. The Labute approximate surface area is 232 Å². The summed E-state index contributed by atoms with van der Waals surface area (Å²) in [6.45, 7) is 6.68. The molecule has 0 fully saturated rings. The number of rotatable bonds is 15. The Hall–Kier alpha value is -3.68. The van der Waals surface area contributed by atoms with Crippen LogP contribution in [0.5, 0.6) is 23.0 Å². The zero-order chi connectivity index (χ0) is 28.9. The van der Waals surface area contributed by atoms with E-state index in [1.54, 1.807) is 31.3 Å². The molecule has 0 aliphatic heterocycles. The number of benzene rings is 2. The van der Waals surface area contributed by atoms with Crippen LogP contribution in [0.15, 0.2) is 47.5 Å². The Morgan fingerprint density at radius 2 is 1.74 bits per heavy atom. The molecule has 0 bridgehead atoms. The molecular formula is C31H45N3O5. The van der Waals surface area contributed by atoms with E-state index >= 15 is 0 Å². The number of phenolic OH excluding ortho intramolecular Hbond substituents is 2. The predicted molar refractivity (Wildman–Crippen MR) is 158 cm³/mol. The number of ketones is 1. The monoisotopic (exact) mass is 539 g/mol. The Morgan fingerprint density at radius 1 is 1.05 bits per heavy atom. The standard InChI is InChI=1S/C31H45N3O5/c1-20(2)8-7-9-21(3)24(12-14-25(35)13-10-22-11-15-27(36)28(18-22)38-5)16-23-17-26(34-31(32)33-4)30(37)29(19-23)39-6/h11-12,14-15,17-21,24,36-37H,7-10,13,16H2,1-6H3,(H3,32,33,34)/b14-12+/t21-,24+/m1/s1. The average molecular weight is 540 g/mol. The number of aromatic hydroxyl groups is 2. The second kappa shape index (κ2) is 15.7. The molecule has 8 heteroatoms. The van der Waals surface area contributed by atoms with Crippen molar-refractivity contribution in [1.82, 2.24) is 0 Å². The number of nitrogens with one attached hydrogen (secondary N) is 1. The number of nitrogens with zero attached hydrogens (tertiary/aromatic N) is 1. The Balaban J connectivity index is 2.22. The molecule has 0 heterocycles. The van der Waals surface area contributed by atoms with Crippen LogP contribution in [0.4, 0.5) is 5.69 Å². The van der Waals surface area contributed by atoms with Gasteiger partial charge in [0.1, 0.15) is 0 Å². The van der Waals surface area contributed by atoms with Crippen molar-refractivity contribution < 1.29 is 24.5 Å². The largest absolute Gasteiger partial charge is 0.504 e. The number of hydrogen-bond donors (Lipinski definition) is 4. The number of anilines is 1. The van der Waals surface area contributed by atoms with Crippen LogP contribution < -0.4 is 20.5 Å². The van der Waals surface area contributed by atoms with E-state index < -0.39 is 0 Å². The summed E-state index contributed by atoms with van der Waals surface area (Å²) in [6, 6.07) is 8.80. The minimum absolute atomic E-state index is 0.0361. The van der Waals surface area contributed by atoms with Crippen LogP contribution in [-0.2, 0) is 17.6 Å². The fraction of sp³-hybridized carbons (Fsp3) is 0.484. The van der Waals surface area contributed by atoms with Gasteiger partial charge in [-0.1, -0.05) is 52.2 Å². The van der Waals surface area contributed by atoms with Gasteiger partial charge in [0.15, 0.2) is 34.7 Å². The maximum atomic E-state index is 12.8. The predicted octanol–water partition coefficient (Wildman–Crippen LogP) is 5.85. The Morgan fingerprint density at radius 3 is 2.38 bits per heavy atom. The molecule has 0 unspecified atom stereocenters. The molecular weight excluding hydrogens is 494 g/mol. The van der Waals surface area contributed by atoms with Gasteiger partial charge >= 0.3 is 0 Å². The van der Waals surface area contributed by atoms with Gasteiger partial charge in [0.2, 0.25) is 0 Å². The number of ether oxygens (including phenoxy) is 2. The number of carbonyl (C=O) groups excluding carboxylic acids is 1. The summed E-state index contributed by atoms with van der Waals surface area (Å²) in [6.07, 6.45) is 8.62. The van der Waals surface area contributed by atoms with Crippen LogP contribution in [0.2, 0.25) is 0 Å². The Bertz CT molecular complexity index is 1140. The lowest BCUT2D eigenvalue weighted by Gasteiger charge is -2.23. The summed E-state index contributed by atoms with van der Waals surface area (Å²) in [5.41, 5.74) is 8.13. The first kappa shape index (κ1) is 31.5. The molecule has 0 spiro atoms. The van der Waals surface area contributed by atoms with E-state index in [0.717, 1.165) is 30.4 Å². The number of aryl methyl sites for hydroxylation is 1. The third kappa shape index (κ3) is 10.2. The quantitative estimate of drug-likeness (QED) is 0.0968. The highest BCUT2D eigenvalue weighted by atomic mass is 16.5. The molecule has 2 rings (SSSR count). The molecule has 5 N–H and O–H groups in total. The van der Waals surface area contributed by atoms with Crippen LogP contribution in [0.3, 0.4) is 0 Å². The van der Waals surface area contributed by atoms with Crippen molar-refractivity contribution in [2.24, 2.45) is 28.5 Å². The molecule has 0 aromatic heterocycles. The van der Waals surface area contributed by atoms with E-state index in [1.165, 1.54) is 14.2 Å². The second-order valence-corrected chi connectivity index (χ2v) is 10.4. The number of aliphatic imine (C=N–C) groups is 1. The van der Waals surface area contributed by atoms with E-state index in [2.05, 4.69) is 31.1 Å². The first-order chi connectivity index (χ1) is 18.6. The summed E-state index contributed by atoms with van der Waals surface area (Å²) in [5, 5.41) is 23.3. The van der Waals surface area contributed by atoms with Crippen LogP contribution in [0.1, 0.15) is 57.6 Å². The molecule has 2 aromatic rings. The molecule has 39 heavy (non-hydrogen) atoms. The summed E-state index contributed by atoms with van der Waals surface area (Å²) < 4.78 is 10.6. The number of guanidine groups is 1. The van der Waals surface area contributed by atoms with Gasteiger partial charge in [-0.25, -0.2) is 0 Å². The molecule has 0 amide bonds. The average Bonchev–Trinajstić information content (AvgIpc) is 2.91. The van der Waals surface area contributed by atoms with Crippen molar-refractivity contribution in [3.8, 4) is 23.0 Å². The highest BCUT2D eigenvalue weighted by Gasteiger charge is 2.19. The SMILES string of the molecule is CN=C(N)Nc1cc(C[C@H](/C=C/C(=O)CCc2ccc(O)c(OC)c2)[C@H](C)CCCC(C)C)cc(OC)c1O. The summed E-state index contributed by atoms with van der Waals surface area (Å²) >= 11 is 0.